The minimum Gasteiger partial charge on any atom is -0.361 e. The minimum absolute atomic E-state index is 0.0373. The van der Waals surface area contributed by atoms with Crippen LogP contribution >= 0.6 is 0 Å². The number of hydrogen-bond donors (Lipinski definition) is 2. The van der Waals surface area contributed by atoms with Crippen molar-refractivity contribution in [1.29, 1.82) is 0 Å². The van der Waals surface area contributed by atoms with Gasteiger partial charge in [-0.05, 0) is 43.0 Å². The topological polar surface area (TPSA) is 65.2 Å². The van der Waals surface area contributed by atoms with Crippen molar-refractivity contribution in [3.63, 3.8) is 0 Å². The molecule has 5 nitrogen and oxygen atoms in total. The van der Waals surface area contributed by atoms with E-state index in [0.717, 1.165) is 29.3 Å². The molecule has 1 aliphatic carbocycles. The van der Waals surface area contributed by atoms with Crippen molar-refractivity contribution in [3.05, 3.63) is 35.8 Å². The molecule has 1 atom stereocenters. The molecule has 2 heterocycles. The highest BCUT2D eigenvalue weighted by Gasteiger charge is 2.38. The van der Waals surface area contributed by atoms with Gasteiger partial charge in [0.25, 0.3) is 0 Å². The summed E-state index contributed by atoms with van der Waals surface area (Å²) >= 11 is 0. The van der Waals surface area contributed by atoms with Crippen LogP contribution in [0.2, 0.25) is 0 Å². The minimum atomic E-state index is -0.267. The lowest BCUT2D eigenvalue weighted by atomic mass is 10.1. The predicted molar refractivity (Wildman–Crippen MR) is 97.0 cm³/mol. The number of hydrogen-bond acceptors (Lipinski definition) is 2. The summed E-state index contributed by atoms with van der Waals surface area (Å²) in [5.41, 5.74) is 1.82. The van der Waals surface area contributed by atoms with Gasteiger partial charge in [-0.25, -0.2) is 4.39 Å². The van der Waals surface area contributed by atoms with Crippen LogP contribution < -0.4 is 5.32 Å². The van der Waals surface area contributed by atoms with Gasteiger partial charge in [-0.15, -0.1) is 0 Å². The summed E-state index contributed by atoms with van der Waals surface area (Å²) in [6.07, 6.45) is 7.36. The average molecular weight is 357 g/mol. The van der Waals surface area contributed by atoms with Gasteiger partial charge in [-0.3, -0.25) is 9.59 Å². The standard InChI is InChI=1S/C20H24FN3O2/c21-15-5-6-17-13(11-23-18(17)10-15)7-8-22-20(26)14-9-19(25)24(12-14)16-3-1-2-4-16/h5-6,10-11,14,16,23H,1-4,7-9,12H2,(H,22,26)/t14-/m1/s1. The van der Waals surface area contributed by atoms with E-state index in [1.165, 1.54) is 25.0 Å². The number of likely N-dealkylation sites (tertiary alicyclic amines) is 1. The van der Waals surface area contributed by atoms with Gasteiger partial charge in [0.05, 0.1) is 5.92 Å². The molecule has 2 N–H and O–H groups in total. The number of nitrogens with zero attached hydrogens (tertiary/aromatic N) is 1. The van der Waals surface area contributed by atoms with E-state index < -0.39 is 0 Å². The van der Waals surface area contributed by atoms with Crippen LogP contribution in [0.4, 0.5) is 4.39 Å². The number of benzene rings is 1. The lowest BCUT2D eigenvalue weighted by Gasteiger charge is -2.23. The maximum atomic E-state index is 13.2. The second kappa shape index (κ2) is 7.09. The van der Waals surface area contributed by atoms with Crippen LogP contribution in [0.25, 0.3) is 10.9 Å². The summed E-state index contributed by atoms with van der Waals surface area (Å²) in [4.78, 5) is 29.6. The molecule has 2 fully saturated rings. The normalized spacial score (nSPS) is 21.0. The molecule has 0 bridgehead atoms. The summed E-state index contributed by atoms with van der Waals surface area (Å²) in [5, 5.41) is 3.94. The van der Waals surface area contributed by atoms with Gasteiger partial charge < -0.3 is 15.2 Å². The highest BCUT2D eigenvalue weighted by atomic mass is 19.1. The summed E-state index contributed by atoms with van der Waals surface area (Å²) in [6, 6.07) is 5.01. The smallest absolute Gasteiger partial charge is 0.225 e. The van der Waals surface area contributed by atoms with Crippen molar-refractivity contribution in [2.24, 2.45) is 5.92 Å². The molecule has 0 unspecified atom stereocenters. The number of halogens is 1. The molecule has 1 saturated heterocycles. The Morgan fingerprint density at radius 1 is 1.31 bits per heavy atom. The van der Waals surface area contributed by atoms with E-state index in [4.69, 9.17) is 0 Å². The van der Waals surface area contributed by atoms with Gasteiger partial charge in [-0.1, -0.05) is 12.8 Å². The molecular formula is C20H24FN3O2. The van der Waals surface area contributed by atoms with Gasteiger partial charge in [-0.2, -0.15) is 0 Å². The Hall–Kier alpha value is -2.37. The largest absolute Gasteiger partial charge is 0.361 e. The van der Waals surface area contributed by atoms with Gasteiger partial charge in [0.15, 0.2) is 0 Å². The van der Waals surface area contributed by atoms with E-state index in [1.807, 2.05) is 11.1 Å². The molecule has 1 aromatic heterocycles. The van der Waals surface area contributed by atoms with Gasteiger partial charge >= 0.3 is 0 Å². The molecular weight excluding hydrogens is 333 g/mol. The number of fused-ring (bicyclic) bond motifs is 1. The Bertz CT molecular complexity index is 826. The maximum absolute atomic E-state index is 13.2. The second-order valence-corrected chi connectivity index (χ2v) is 7.43. The van der Waals surface area contributed by atoms with Crippen molar-refractivity contribution >= 4 is 22.7 Å². The Balaban J connectivity index is 1.30. The molecule has 2 aliphatic rings. The predicted octanol–water partition coefficient (Wildman–Crippen LogP) is 2.76. The fourth-order valence-electron chi connectivity index (χ4n) is 4.31. The number of rotatable bonds is 5. The molecule has 2 aromatic rings. The first kappa shape index (κ1) is 17.1. The van der Waals surface area contributed by atoms with Crippen LogP contribution in [0.1, 0.15) is 37.7 Å². The molecule has 1 aliphatic heterocycles. The van der Waals surface area contributed by atoms with Crippen molar-refractivity contribution in [2.75, 3.05) is 13.1 Å². The quantitative estimate of drug-likeness (QED) is 0.864. The Morgan fingerprint density at radius 2 is 2.12 bits per heavy atom. The number of aromatic nitrogens is 1. The Labute approximate surface area is 151 Å². The van der Waals surface area contributed by atoms with E-state index in [-0.39, 0.29) is 23.5 Å². The summed E-state index contributed by atoms with van der Waals surface area (Å²) in [7, 11) is 0. The van der Waals surface area contributed by atoms with E-state index >= 15 is 0 Å². The zero-order chi connectivity index (χ0) is 18.1. The van der Waals surface area contributed by atoms with E-state index in [9.17, 15) is 14.0 Å². The van der Waals surface area contributed by atoms with Crippen molar-refractivity contribution in [2.45, 2.75) is 44.6 Å². The van der Waals surface area contributed by atoms with Crippen LogP contribution in [-0.4, -0.2) is 40.8 Å². The maximum Gasteiger partial charge on any atom is 0.225 e. The number of carbonyl (C=O) groups excluding carboxylic acids is 2. The number of amides is 2. The van der Waals surface area contributed by atoms with Crippen molar-refractivity contribution in [3.8, 4) is 0 Å². The molecule has 0 spiro atoms. The van der Waals surface area contributed by atoms with Crippen LogP contribution in [-0.2, 0) is 16.0 Å². The first-order chi connectivity index (χ1) is 12.6. The first-order valence-electron chi connectivity index (χ1n) is 9.44. The van der Waals surface area contributed by atoms with Gasteiger partial charge in [0.2, 0.25) is 11.8 Å². The van der Waals surface area contributed by atoms with Crippen molar-refractivity contribution < 1.29 is 14.0 Å². The summed E-state index contributed by atoms with van der Waals surface area (Å²) < 4.78 is 13.2. The molecule has 4 rings (SSSR count). The fourth-order valence-corrected chi connectivity index (χ4v) is 4.31. The Morgan fingerprint density at radius 3 is 2.92 bits per heavy atom. The van der Waals surface area contributed by atoms with E-state index in [0.29, 0.717) is 32.0 Å². The Kier molecular flexibility index (Phi) is 4.66. The third kappa shape index (κ3) is 3.32. The number of aromatic amines is 1. The van der Waals surface area contributed by atoms with Crippen LogP contribution in [0, 0.1) is 11.7 Å². The monoisotopic (exact) mass is 357 g/mol. The first-order valence-corrected chi connectivity index (χ1v) is 9.44. The number of carbonyl (C=O) groups is 2. The fraction of sp³-hybridized carbons (Fsp3) is 0.500. The number of H-pyrrole nitrogens is 1. The lowest BCUT2D eigenvalue weighted by molar-refractivity contribution is -0.130. The highest BCUT2D eigenvalue weighted by Crippen LogP contribution is 2.29. The van der Waals surface area contributed by atoms with Gasteiger partial charge in [0.1, 0.15) is 5.82 Å². The molecule has 0 radical (unpaired) electrons. The van der Waals surface area contributed by atoms with Crippen LogP contribution in [0.15, 0.2) is 24.4 Å². The van der Waals surface area contributed by atoms with Gasteiger partial charge in [0, 0.05) is 42.7 Å². The van der Waals surface area contributed by atoms with Crippen LogP contribution in [0.3, 0.4) is 0 Å². The van der Waals surface area contributed by atoms with E-state index in [1.54, 1.807) is 6.07 Å². The highest BCUT2D eigenvalue weighted by molar-refractivity contribution is 5.89. The third-order valence-electron chi connectivity index (χ3n) is 5.72. The summed E-state index contributed by atoms with van der Waals surface area (Å²) in [6.45, 7) is 1.07. The molecule has 6 heteroatoms. The third-order valence-corrected chi connectivity index (χ3v) is 5.72. The number of nitrogens with one attached hydrogen (secondary N) is 2. The zero-order valence-electron chi connectivity index (χ0n) is 14.8. The molecule has 1 aromatic carbocycles. The van der Waals surface area contributed by atoms with Crippen molar-refractivity contribution in [1.82, 2.24) is 15.2 Å². The zero-order valence-corrected chi connectivity index (χ0v) is 14.8. The van der Waals surface area contributed by atoms with E-state index in [2.05, 4.69) is 10.3 Å². The molecule has 2 amide bonds. The molecule has 1 saturated carbocycles. The SMILES string of the molecule is O=C(NCCc1c[nH]c2cc(F)ccc12)[C@@H]1CC(=O)N(C2CCCC2)C1. The van der Waals surface area contributed by atoms with Crippen LogP contribution in [0.5, 0.6) is 0 Å². The summed E-state index contributed by atoms with van der Waals surface area (Å²) in [5.74, 6) is -0.419. The molecule has 138 valence electrons. The lowest BCUT2D eigenvalue weighted by Crippen LogP contribution is -2.37. The second-order valence-electron chi connectivity index (χ2n) is 7.43. The average Bonchev–Trinajstić information content (AvgIpc) is 3.34. The molecule has 26 heavy (non-hydrogen) atoms.